The Balaban J connectivity index is 2.19. The molecule has 13 heavy (non-hydrogen) atoms. The third-order valence-corrected chi connectivity index (χ3v) is 2.23. The Morgan fingerprint density at radius 3 is 3.08 bits per heavy atom. The van der Waals surface area contributed by atoms with Crippen LogP contribution in [-0.4, -0.2) is 6.17 Å². The van der Waals surface area contributed by atoms with E-state index in [1.807, 2.05) is 18.2 Å². The molecule has 0 aromatic heterocycles. The van der Waals surface area contributed by atoms with Crippen LogP contribution >= 0.6 is 0 Å². The van der Waals surface area contributed by atoms with Crippen LogP contribution in [0.1, 0.15) is 12.0 Å². The Kier molecular flexibility index (Phi) is 2.12. The molecule has 0 saturated carbocycles. The van der Waals surface area contributed by atoms with Crippen LogP contribution in [0.4, 0.5) is 5.69 Å². The Hall–Kier alpha value is -1.58. The maximum absolute atomic E-state index is 5.00. The van der Waals surface area contributed by atoms with Gasteiger partial charge in [-0.25, -0.2) is 0 Å². The summed E-state index contributed by atoms with van der Waals surface area (Å²) in [6, 6.07) is 8.23. The molecule has 68 valence electrons. The Labute approximate surface area is 76.8 Å². The molecular formula is C9H12N4. The zero-order valence-electron chi connectivity index (χ0n) is 7.27. The van der Waals surface area contributed by atoms with Crippen molar-refractivity contribution < 1.29 is 0 Å². The van der Waals surface area contributed by atoms with Gasteiger partial charge in [0.15, 0.2) is 0 Å². The largest absolute Gasteiger partial charge is 0.362 e. The van der Waals surface area contributed by atoms with E-state index in [9.17, 15) is 0 Å². The number of nitrogens with zero attached hydrogens (tertiary/aromatic N) is 2. The molecule has 0 saturated heterocycles. The van der Waals surface area contributed by atoms with Crippen molar-refractivity contribution in [1.29, 1.82) is 0 Å². The molecule has 0 spiro atoms. The van der Waals surface area contributed by atoms with Crippen molar-refractivity contribution in [2.24, 2.45) is 16.2 Å². The first-order valence-electron chi connectivity index (χ1n) is 4.34. The van der Waals surface area contributed by atoms with Gasteiger partial charge in [-0.3, -0.25) is 0 Å². The number of rotatable bonds is 1. The second-order valence-electron chi connectivity index (χ2n) is 3.09. The van der Waals surface area contributed by atoms with Crippen LogP contribution in [0.5, 0.6) is 0 Å². The number of nitrogens with two attached hydrogens (primary N) is 1. The highest BCUT2D eigenvalue weighted by molar-refractivity contribution is 5.53. The molecule has 2 rings (SSSR count). The molecule has 0 amide bonds. The second-order valence-corrected chi connectivity index (χ2v) is 3.09. The average Bonchev–Trinajstić information content (AvgIpc) is 2.18. The Bertz CT molecular complexity index is 321. The number of para-hydroxylation sites is 1. The Morgan fingerprint density at radius 2 is 2.23 bits per heavy atom. The van der Waals surface area contributed by atoms with Gasteiger partial charge >= 0.3 is 0 Å². The average molecular weight is 176 g/mol. The summed E-state index contributed by atoms with van der Waals surface area (Å²) in [5.41, 5.74) is 2.48. The molecule has 1 aliphatic heterocycles. The van der Waals surface area contributed by atoms with E-state index in [2.05, 4.69) is 21.7 Å². The van der Waals surface area contributed by atoms with E-state index in [4.69, 9.17) is 5.84 Å². The predicted octanol–water partition coefficient (Wildman–Crippen LogP) is 1.70. The summed E-state index contributed by atoms with van der Waals surface area (Å²) in [5.74, 6) is 5.00. The lowest BCUT2D eigenvalue weighted by Crippen LogP contribution is -2.23. The molecule has 1 atom stereocenters. The van der Waals surface area contributed by atoms with Gasteiger partial charge in [-0.2, -0.15) is 0 Å². The minimum Gasteiger partial charge on any atom is -0.362 e. The molecule has 0 aliphatic carbocycles. The summed E-state index contributed by atoms with van der Waals surface area (Å²) in [6.07, 6.45) is 2.03. The van der Waals surface area contributed by atoms with Gasteiger partial charge in [0.1, 0.15) is 6.17 Å². The fraction of sp³-hybridized carbons (Fsp3) is 0.333. The van der Waals surface area contributed by atoms with Crippen LogP contribution in [0, 0.1) is 0 Å². The van der Waals surface area contributed by atoms with E-state index in [1.54, 1.807) is 0 Å². The highest BCUT2D eigenvalue weighted by Crippen LogP contribution is 2.24. The van der Waals surface area contributed by atoms with Gasteiger partial charge in [0.25, 0.3) is 0 Å². The van der Waals surface area contributed by atoms with E-state index in [0.29, 0.717) is 0 Å². The first-order valence-corrected chi connectivity index (χ1v) is 4.34. The van der Waals surface area contributed by atoms with Crippen molar-refractivity contribution in [2.45, 2.75) is 19.0 Å². The zero-order chi connectivity index (χ0) is 9.10. The highest BCUT2D eigenvalue weighted by Gasteiger charge is 2.15. The van der Waals surface area contributed by atoms with Crippen LogP contribution in [0.25, 0.3) is 0 Å². The number of anilines is 1. The van der Waals surface area contributed by atoms with E-state index in [0.717, 1.165) is 18.5 Å². The van der Waals surface area contributed by atoms with Gasteiger partial charge in [0.05, 0.1) is 0 Å². The van der Waals surface area contributed by atoms with E-state index < -0.39 is 0 Å². The molecule has 1 unspecified atom stereocenters. The normalized spacial score (nSPS) is 21.1. The fourth-order valence-corrected chi connectivity index (χ4v) is 1.59. The first kappa shape index (κ1) is 8.04. The molecule has 0 bridgehead atoms. The number of hydrogen-bond acceptors (Lipinski definition) is 3. The van der Waals surface area contributed by atoms with Crippen molar-refractivity contribution in [3.63, 3.8) is 0 Å². The molecule has 1 aromatic carbocycles. The van der Waals surface area contributed by atoms with Gasteiger partial charge in [0, 0.05) is 5.69 Å². The molecule has 1 aliphatic rings. The smallest absolute Gasteiger partial charge is 0.142 e. The van der Waals surface area contributed by atoms with Crippen molar-refractivity contribution in [3.05, 3.63) is 29.8 Å². The standard InChI is InChI=1S/C9H12N4/c10-13-12-9-6-5-7-3-1-2-4-8(7)11-9/h1-4,9,11H,5-6H2,(H2,10,12). The summed E-state index contributed by atoms with van der Waals surface area (Å²) in [7, 11) is 0. The number of hydrogen-bond donors (Lipinski definition) is 2. The summed E-state index contributed by atoms with van der Waals surface area (Å²) in [5, 5.41) is 10.4. The maximum Gasteiger partial charge on any atom is 0.142 e. The van der Waals surface area contributed by atoms with Crippen LogP contribution < -0.4 is 11.2 Å². The molecule has 4 heteroatoms. The van der Waals surface area contributed by atoms with Gasteiger partial charge in [0.2, 0.25) is 0 Å². The van der Waals surface area contributed by atoms with E-state index in [-0.39, 0.29) is 6.17 Å². The molecule has 0 fully saturated rings. The summed E-state index contributed by atoms with van der Waals surface area (Å²) in [6.45, 7) is 0. The minimum atomic E-state index is 0.0416. The summed E-state index contributed by atoms with van der Waals surface area (Å²) >= 11 is 0. The van der Waals surface area contributed by atoms with Gasteiger partial charge in [-0.05, 0) is 24.5 Å². The third-order valence-electron chi connectivity index (χ3n) is 2.23. The monoisotopic (exact) mass is 176 g/mol. The number of aryl methyl sites for hydroxylation is 1. The molecule has 4 nitrogen and oxygen atoms in total. The van der Waals surface area contributed by atoms with Crippen molar-refractivity contribution >= 4 is 5.69 Å². The van der Waals surface area contributed by atoms with E-state index in [1.165, 1.54) is 5.56 Å². The molecular weight excluding hydrogens is 164 g/mol. The minimum absolute atomic E-state index is 0.0416. The first-order chi connectivity index (χ1) is 6.40. The number of benzene rings is 1. The zero-order valence-corrected chi connectivity index (χ0v) is 7.27. The molecule has 1 heterocycles. The van der Waals surface area contributed by atoms with Crippen LogP contribution in [0.2, 0.25) is 0 Å². The van der Waals surface area contributed by atoms with Crippen LogP contribution in [0.15, 0.2) is 34.6 Å². The number of fused-ring (bicyclic) bond motifs is 1. The van der Waals surface area contributed by atoms with Gasteiger partial charge in [-0.1, -0.05) is 23.4 Å². The summed E-state index contributed by atoms with van der Waals surface area (Å²) in [4.78, 5) is 0. The van der Waals surface area contributed by atoms with Crippen LogP contribution in [-0.2, 0) is 6.42 Å². The maximum atomic E-state index is 5.00. The number of nitrogens with one attached hydrogen (secondary N) is 1. The van der Waals surface area contributed by atoms with Gasteiger partial charge < -0.3 is 11.2 Å². The SMILES string of the molecule is NN=NC1CCc2ccccc2N1. The Morgan fingerprint density at radius 1 is 1.38 bits per heavy atom. The highest BCUT2D eigenvalue weighted by atomic mass is 15.4. The quantitative estimate of drug-likeness (QED) is 0.388. The second kappa shape index (κ2) is 3.43. The van der Waals surface area contributed by atoms with Crippen molar-refractivity contribution in [1.82, 2.24) is 0 Å². The topological polar surface area (TPSA) is 62.8 Å². The lowest BCUT2D eigenvalue weighted by Gasteiger charge is -2.22. The third kappa shape index (κ3) is 1.61. The van der Waals surface area contributed by atoms with Crippen molar-refractivity contribution in [3.8, 4) is 0 Å². The predicted molar refractivity (Wildman–Crippen MR) is 51.2 cm³/mol. The van der Waals surface area contributed by atoms with Gasteiger partial charge in [-0.15, -0.1) is 5.11 Å². The van der Waals surface area contributed by atoms with Crippen LogP contribution in [0.3, 0.4) is 0 Å². The van der Waals surface area contributed by atoms with E-state index >= 15 is 0 Å². The fourth-order valence-electron chi connectivity index (χ4n) is 1.59. The molecule has 3 N–H and O–H groups in total. The molecule has 1 aromatic rings. The summed E-state index contributed by atoms with van der Waals surface area (Å²) < 4.78 is 0. The lowest BCUT2D eigenvalue weighted by molar-refractivity contribution is 0.620. The molecule has 0 radical (unpaired) electrons. The lowest BCUT2D eigenvalue weighted by atomic mass is 10.0. The van der Waals surface area contributed by atoms with Crippen molar-refractivity contribution in [2.75, 3.05) is 5.32 Å².